The molecule has 0 aromatic carbocycles. The minimum atomic E-state index is -0.501. The standard InChI is InChI=1S/C18H22N4O/c1-4-18-10-13(11-19)15(23)17(2,3)14(18)6-9-22(12-18)16-20-7-5-8-21-16/h5,7-8,10,14H,4,6,9,12H2,1-3H3. The molecule has 1 fully saturated rings. The molecule has 2 atom stereocenters. The number of carbonyl (C=O) groups is 1. The van der Waals surface area contributed by atoms with Gasteiger partial charge in [-0.05, 0) is 24.8 Å². The average Bonchev–Trinajstić information content (AvgIpc) is 2.58. The SMILES string of the molecule is CCC12C=C(C#N)C(=O)C(C)(C)C1CCN(c1ncccn1)C2. The molecular formula is C18H22N4O. The van der Waals surface area contributed by atoms with E-state index in [9.17, 15) is 10.1 Å². The summed E-state index contributed by atoms with van der Waals surface area (Å²) in [7, 11) is 0. The van der Waals surface area contributed by atoms with E-state index in [2.05, 4.69) is 27.9 Å². The fourth-order valence-electron chi connectivity index (χ4n) is 4.37. The molecule has 5 heteroatoms. The summed E-state index contributed by atoms with van der Waals surface area (Å²) in [5.41, 5.74) is -0.372. The van der Waals surface area contributed by atoms with Gasteiger partial charge in [-0.3, -0.25) is 4.79 Å². The second kappa shape index (κ2) is 5.45. The fourth-order valence-corrected chi connectivity index (χ4v) is 4.37. The molecule has 120 valence electrons. The Bertz CT molecular complexity index is 689. The van der Waals surface area contributed by atoms with E-state index in [1.165, 1.54) is 0 Å². The minimum absolute atomic E-state index is 0.0153. The van der Waals surface area contributed by atoms with Crippen LogP contribution < -0.4 is 4.90 Å². The van der Waals surface area contributed by atoms with Crippen molar-refractivity contribution in [1.82, 2.24) is 9.97 Å². The highest BCUT2D eigenvalue weighted by molar-refractivity contribution is 6.04. The Morgan fingerprint density at radius 3 is 2.70 bits per heavy atom. The summed E-state index contributed by atoms with van der Waals surface area (Å²) < 4.78 is 0. The zero-order chi connectivity index (χ0) is 16.7. The first-order valence-electron chi connectivity index (χ1n) is 8.14. The van der Waals surface area contributed by atoms with Crippen molar-refractivity contribution >= 4 is 11.7 Å². The maximum Gasteiger partial charge on any atom is 0.225 e. The van der Waals surface area contributed by atoms with Crippen molar-refractivity contribution in [3.05, 3.63) is 30.1 Å². The quantitative estimate of drug-likeness (QED) is 0.840. The fraction of sp³-hybridized carbons (Fsp3) is 0.556. The van der Waals surface area contributed by atoms with E-state index in [0.717, 1.165) is 31.9 Å². The van der Waals surface area contributed by atoms with Gasteiger partial charge in [-0.15, -0.1) is 0 Å². The van der Waals surface area contributed by atoms with Crippen LogP contribution >= 0.6 is 0 Å². The molecular weight excluding hydrogens is 288 g/mol. The second-order valence-corrected chi connectivity index (χ2v) is 7.12. The third-order valence-electron chi connectivity index (χ3n) is 5.61. The Hall–Kier alpha value is -2.22. The molecule has 23 heavy (non-hydrogen) atoms. The van der Waals surface area contributed by atoms with Crippen LogP contribution in [0.5, 0.6) is 0 Å². The molecule has 3 rings (SSSR count). The number of ketones is 1. The lowest BCUT2D eigenvalue weighted by atomic mass is 9.53. The molecule has 1 aliphatic carbocycles. The van der Waals surface area contributed by atoms with Crippen molar-refractivity contribution in [2.45, 2.75) is 33.6 Å². The highest BCUT2D eigenvalue weighted by Gasteiger charge is 2.54. The summed E-state index contributed by atoms with van der Waals surface area (Å²) >= 11 is 0. The number of piperidine rings is 1. The van der Waals surface area contributed by atoms with Crippen LogP contribution in [-0.4, -0.2) is 28.8 Å². The van der Waals surface area contributed by atoms with Gasteiger partial charge in [0.1, 0.15) is 6.07 Å². The van der Waals surface area contributed by atoms with Gasteiger partial charge in [0.25, 0.3) is 0 Å². The molecule has 2 unspecified atom stereocenters. The number of nitriles is 1. The molecule has 0 radical (unpaired) electrons. The van der Waals surface area contributed by atoms with Crippen LogP contribution in [0.25, 0.3) is 0 Å². The zero-order valence-corrected chi connectivity index (χ0v) is 13.9. The molecule has 1 aliphatic heterocycles. The van der Waals surface area contributed by atoms with Crippen molar-refractivity contribution in [2.24, 2.45) is 16.7 Å². The van der Waals surface area contributed by atoms with E-state index in [1.807, 2.05) is 26.0 Å². The summed E-state index contributed by atoms with van der Waals surface area (Å²) in [6.07, 6.45) is 7.22. The number of nitrogens with zero attached hydrogens (tertiary/aromatic N) is 4. The van der Waals surface area contributed by atoms with E-state index in [0.29, 0.717) is 5.57 Å². The molecule has 0 N–H and O–H groups in total. The molecule has 1 aromatic rings. The van der Waals surface area contributed by atoms with Crippen molar-refractivity contribution < 1.29 is 4.79 Å². The Labute approximate surface area is 137 Å². The first-order chi connectivity index (χ1) is 10.9. The van der Waals surface area contributed by atoms with E-state index in [4.69, 9.17) is 0 Å². The summed E-state index contributed by atoms with van der Waals surface area (Å²) in [6.45, 7) is 7.70. The Balaban J connectivity index is 2.04. The maximum atomic E-state index is 12.6. The van der Waals surface area contributed by atoms with Crippen LogP contribution in [0.3, 0.4) is 0 Å². The Morgan fingerprint density at radius 2 is 2.09 bits per heavy atom. The van der Waals surface area contributed by atoms with Crippen LogP contribution in [0.2, 0.25) is 0 Å². The average molecular weight is 310 g/mol. The lowest BCUT2D eigenvalue weighted by molar-refractivity contribution is -0.130. The smallest absolute Gasteiger partial charge is 0.225 e. The number of aromatic nitrogens is 2. The van der Waals surface area contributed by atoms with Gasteiger partial charge in [-0.2, -0.15) is 5.26 Å². The summed E-state index contributed by atoms with van der Waals surface area (Å²) in [5.74, 6) is 0.948. The molecule has 0 saturated carbocycles. The van der Waals surface area contributed by atoms with Crippen LogP contribution in [0, 0.1) is 28.1 Å². The number of carbonyl (C=O) groups excluding carboxylic acids is 1. The maximum absolute atomic E-state index is 12.6. The molecule has 1 aromatic heterocycles. The molecule has 1 saturated heterocycles. The highest BCUT2D eigenvalue weighted by atomic mass is 16.1. The van der Waals surface area contributed by atoms with Crippen LogP contribution in [0.4, 0.5) is 5.95 Å². The van der Waals surface area contributed by atoms with Crippen molar-refractivity contribution in [1.29, 1.82) is 5.26 Å². The number of rotatable bonds is 2. The van der Waals surface area contributed by atoms with Gasteiger partial charge in [0.15, 0.2) is 5.78 Å². The second-order valence-electron chi connectivity index (χ2n) is 7.12. The first kappa shape index (κ1) is 15.7. The largest absolute Gasteiger partial charge is 0.340 e. The third-order valence-corrected chi connectivity index (χ3v) is 5.61. The van der Waals surface area contributed by atoms with Gasteiger partial charge in [-0.1, -0.05) is 26.8 Å². The zero-order valence-electron chi connectivity index (χ0n) is 13.9. The number of fused-ring (bicyclic) bond motifs is 1. The topological polar surface area (TPSA) is 69.9 Å². The van der Waals surface area contributed by atoms with Crippen molar-refractivity contribution in [3.8, 4) is 6.07 Å². The van der Waals surface area contributed by atoms with Gasteiger partial charge in [-0.25, -0.2) is 9.97 Å². The minimum Gasteiger partial charge on any atom is -0.340 e. The molecule has 2 heterocycles. The van der Waals surface area contributed by atoms with Gasteiger partial charge < -0.3 is 4.90 Å². The van der Waals surface area contributed by atoms with Gasteiger partial charge in [0.05, 0.1) is 5.57 Å². The van der Waals surface area contributed by atoms with Crippen molar-refractivity contribution in [3.63, 3.8) is 0 Å². The monoisotopic (exact) mass is 310 g/mol. The van der Waals surface area contributed by atoms with Crippen LogP contribution in [0.1, 0.15) is 33.6 Å². The van der Waals surface area contributed by atoms with Gasteiger partial charge >= 0.3 is 0 Å². The highest BCUT2D eigenvalue weighted by Crippen LogP contribution is 2.53. The normalized spacial score (nSPS) is 29.5. The van der Waals surface area contributed by atoms with E-state index < -0.39 is 5.41 Å². The first-order valence-corrected chi connectivity index (χ1v) is 8.14. The van der Waals surface area contributed by atoms with Gasteiger partial charge in [0, 0.05) is 36.3 Å². The number of Topliss-reactive ketones (excluding diaryl/α,β-unsaturated/α-hetero) is 1. The predicted octanol–water partition coefficient (Wildman–Crippen LogP) is 2.76. The molecule has 0 bridgehead atoms. The number of hydrogen-bond donors (Lipinski definition) is 0. The summed E-state index contributed by atoms with van der Waals surface area (Å²) in [6, 6.07) is 3.93. The Kier molecular flexibility index (Phi) is 3.71. The predicted molar refractivity (Wildman–Crippen MR) is 87.6 cm³/mol. The molecule has 0 spiro atoms. The molecule has 5 nitrogen and oxygen atoms in total. The van der Waals surface area contributed by atoms with Crippen molar-refractivity contribution in [2.75, 3.05) is 18.0 Å². The summed E-state index contributed by atoms with van der Waals surface area (Å²) in [4.78, 5) is 23.5. The van der Waals surface area contributed by atoms with E-state index >= 15 is 0 Å². The summed E-state index contributed by atoms with van der Waals surface area (Å²) in [5, 5.41) is 9.40. The van der Waals surface area contributed by atoms with Crippen LogP contribution in [0.15, 0.2) is 30.1 Å². The Morgan fingerprint density at radius 1 is 1.39 bits per heavy atom. The van der Waals surface area contributed by atoms with Gasteiger partial charge in [0.2, 0.25) is 5.95 Å². The van der Waals surface area contributed by atoms with Crippen LogP contribution in [-0.2, 0) is 4.79 Å². The molecule has 2 aliphatic rings. The number of allylic oxidation sites excluding steroid dienone is 1. The molecule has 0 amide bonds. The number of anilines is 1. The lowest BCUT2D eigenvalue weighted by Gasteiger charge is -2.54. The lowest BCUT2D eigenvalue weighted by Crippen LogP contribution is -2.57. The number of hydrogen-bond acceptors (Lipinski definition) is 5. The third kappa shape index (κ3) is 2.33. The van der Waals surface area contributed by atoms with E-state index in [1.54, 1.807) is 12.4 Å². The van der Waals surface area contributed by atoms with E-state index in [-0.39, 0.29) is 17.1 Å².